The van der Waals surface area contributed by atoms with Gasteiger partial charge in [-0.1, -0.05) is 0 Å². The van der Waals surface area contributed by atoms with E-state index < -0.39 is 0 Å². The molecule has 2 rings (SSSR count). The van der Waals surface area contributed by atoms with E-state index in [9.17, 15) is 4.79 Å². The first-order chi connectivity index (χ1) is 13.1. The van der Waals surface area contributed by atoms with Crippen molar-refractivity contribution in [1.29, 1.82) is 0 Å². The molecular formula is C20H29N5O2. The highest BCUT2D eigenvalue weighted by Crippen LogP contribution is 2.20. The number of nitrogens with zero attached hydrogens (tertiary/aromatic N) is 3. The van der Waals surface area contributed by atoms with Crippen LogP contribution in [-0.2, 0) is 4.74 Å². The Hall–Kier alpha value is -2.67. The number of aryl methyl sites for hydroxylation is 1. The Bertz CT molecular complexity index is 730. The topological polar surface area (TPSA) is 79.4 Å². The number of carbonyl (C=O) groups excluding carboxylic acids is 1. The summed E-state index contributed by atoms with van der Waals surface area (Å²) in [4.78, 5) is 23.3. The molecule has 2 aromatic rings. The molecule has 27 heavy (non-hydrogen) atoms. The van der Waals surface area contributed by atoms with Gasteiger partial charge in [0.05, 0.1) is 0 Å². The Labute approximate surface area is 161 Å². The first kappa shape index (κ1) is 20.6. The van der Waals surface area contributed by atoms with E-state index in [1.54, 1.807) is 13.2 Å². The summed E-state index contributed by atoms with van der Waals surface area (Å²) in [5.41, 5.74) is 3.13. The predicted molar refractivity (Wildman–Crippen MR) is 109 cm³/mol. The van der Waals surface area contributed by atoms with Crippen molar-refractivity contribution in [2.75, 3.05) is 43.6 Å². The highest BCUT2D eigenvalue weighted by atomic mass is 16.5. The summed E-state index contributed by atoms with van der Waals surface area (Å²) in [6, 6.07) is 9.79. The lowest BCUT2D eigenvalue weighted by molar-refractivity contribution is 0.0943. The van der Waals surface area contributed by atoms with Crippen LogP contribution in [0.1, 0.15) is 36.5 Å². The lowest BCUT2D eigenvalue weighted by atomic mass is 10.2. The fraction of sp³-hybridized carbons (Fsp3) is 0.450. The monoisotopic (exact) mass is 371 g/mol. The summed E-state index contributed by atoms with van der Waals surface area (Å²) in [5.74, 6) is 0.198. The molecule has 0 fully saturated rings. The van der Waals surface area contributed by atoms with Gasteiger partial charge in [0.15, 0.2) is 0 Å². The van der Waals surface area contributed by atoms with Crippen molar-refractivity contribution in [3.63, 3.8) is 0 Å². The minimum absolute atomic E-state index is 0.212. The summed E-state index contributed by atoms with van der Waals surface area (Å²) in [6.07, 6.45) is 0.760. The second-order valence-corrected chi connectivity index (χ2v) is 6.16. The fourth-order valence-corrected chi connectivity index (χ4v) is 2.72. The summed E-state index contributed by atoms with van der Waals surface area (Å²) in [6.45, 7) is 9.21. The van der Waals surface area contributed by atoms with E-state index >= 15 is 0 Å². The number of hydrogen-bond donors (Lipinski definition) is 2. The second-order valence-electron chi connectivity index (χ2n) is 6.16. The van der Waals surface area contributed by atoms with E-state index in [1.165, 1.54) is 5.69 Å². The molecule has 1 amide bonds. The molecule has 0 unspecified atom stereocenters. The Morgan fingerprint density at radius 1 is 1.15 bits per heavy atom. The van der Waals surface area contributed by atoms with E-state index in [0.29, 0.717) is 24.8 Å². The van der Waals surface area contributed by atoms with E-state index in [2.05, 4.69) is 51.5 Å². The molecule has 7 nitrogen and oxygen atoms in total. The van der Waals surface area contributed by atoms with Crippen LogP contribution >= 0.6 is 0 Å². The van der Waals surface area contributed by atoms with E-state index in [0.717, 1.165) is 30.9 Å². The number of anilines is 3. The molecule has 1 heterocycles. The molecule has 0 spiro atoms. The van der Waals surface area contributed by atoms with Gasteiger partial charge in [0.1, 0.15) is 5.69 Å². The molecule has 146 valence electrons. The maximum atomic E-state index is 12.3. The minimum atomic E-state index is -0.212. The smallest absolute Gasteiger partial charge is 0.270 e. The van der Waals surface area contributed by atoms with Crippen molar-refractivity contribution in [3.8, 4) is 0 Å². The van der Waals surface area contributed by atoms with Gasteiger partial charge in [-0.2, -0.15) is 0 Å². The molecule has 0 bridgehead atoms. The molecule has 0 aliphatic rings. The number of rotatable bonds is 10. The normalized spacial score (nSPS) is 10.5. The molecule has 0 saturated carbocycles. The fourth-order valence-electron chi connectivity index (χ4n) is 2.72. The van der Waals surface area contributed by atoms with Crippen LogP contribution in [0.15, 0.2) is 30.3 Å². The summed E-state index contributed by atoms with van der Waals surface area (Å²) in [5, 5.41) is 6.02. The predicted octanol–water partition coefficient (Wildman–Crippen LogP) is 3.14. The van der Waals surface area contributed by atoms with E-state index in [4.69, 9.17) is 4.74 Å². The zero-order valence-electron chi connectivity index (χ0n) is 16.6. The molecule has 0 radical (unpaired) electrons. The average molecular weight is 371 g/mol. The van der Waals surface area contributed by atoms with Crippen LogP contribution in [0.5, 0.6) is 0 Å². The zero-order chi connectivity index (χ0) is 19.6. The van der Waals surface area contributed by atoms with Crippen LogP contribution in [0.4, 0.5) is 17.3 Å². The Morgan fingerprint density at radius 3 is 2.48 bits per heavy atom. The average Bonchev–Trinajstić information content (AvgIpc) is 2.67. The highest BCUT2D eigenvalue weighted by Gasteiger charge is 2.10. The van der Waals surface area contributed by atoms with Crippen LogP contribution in [-0.4, -0.2) is 49.2 Å². The van der Waals surface area contributed by atoms with Crippen molar-refractivity contribution >= 4 is 23.2 Å². The van der Waals surface area contributed by atoms with E-state index in [1.807, 2.05) is 19.1 Å². The summed E-state index contributed by atoms with van der Waals surface area (Å²) in [7, 11) is 1.64. The van der Waals surface area contributed by atoms with Gasteiger partial charge in [-0.15, -0.1) is 0 Å². The van der Waals surface area contributed by atoms with Crippen LogP contribution in [0, 0.1) is 6.92 Å². The number of aromatic nitrogens is 2. The lowest BCUT2D eigenvalue weighted by Crippen LogP contribution is -2.26. The van der Waals surface area contributed by atoms with Gasteiger partial charge >= 0.3 is 0 Å². The standard InChI is InChI=1S/C20H29N5O2/c1-5-25(6-2)17-10-8-16(9-11-17)23-20-22-15(3)14-18(24-20)19(26)21-12-7-13-27-4/h8-11,14H,5-7,12-13H2,1-4H3,(H,21,26)(H,22,23,24). The van der Waals surface area contributed by atoms with Crippen molar-refractivity contribution in [2.45, 2.75) is 27.2 Å². The van der Waals surface area contributed by atoms with Gasteiger partial charge < -0.3 is 20.3 Å². The van der Waals surface area contributed by atoms with Crippen LogP contribution in [0.3, 0.4) is 0 Å². The third kappa shape index (κ3) is 6.21. The number of amides is 1. The first-order valence-corrected chi connectivity index (χ1v) is 9.32. The molecule has 1 aromatic carbocycles. The molecule has 7 heteroatoms. The molecule has 0 atom stereocenters. The van der Waals surface area contributed by atoms with Gasteiger partial charge in [0.2, 0.25) is 5.95 Å². The summed E-state index contributed by atoms with van der Waals surface area (Å²) >= 11 is 0. The highest BCUT2D eigenvalue weighted by molar-refractivity contribution is 5.92. The number of nitrogens with one attached hydrogen (secondary N) is 2. The minimum Gasteiger partial charge on any atom is -0.385 e. The molecule has 0 aliphatic carbocycles. The van der Waals surface area contributed by atoms with Crippen LogP contribution in [0.2, 0.25) is 0 Å². The maximum absolute atomic E-state index is 12.3. The Kier molecular flexibility index (Phi) is 8.00. The van der Waals surface area contributed by atoms with E-state index in [-0.39, 0.29) is 5.91 Å². The zero-order valence-corrected chi connectivity index (χ0v) is 16.6. The van der Waals surface area contributed by atoms with Crippen molar-refractivity contribution in [3.05, 3.63) is 41.7 Å². The van der Waals surface area contributed by atoms with Crippen molar-refractivity contribution in [1.82, 2.24) is 15.3 Å². The van der Waals surface area contributed by atoms with Gasteiger partial charge in [-0.3, -0.25) is 4.79 Å². The maximum Gasteiger partial charge on any atom is 0.270 e. The van der Waals surface area contributed by atoms with Gasteiger partial charge in [-0.25, -0.2) is 9.97 Å². The summed E-state index contributed by atoms with van der Waals surface area (Å²) < 4.78 is 4.98. The first-order valence-electron chi connectivity index (χ1n) is 9.32. The molecular weight excluding hydrogens is 342 g/mol. The molecule has 1 aromatic heterocycles. The number of methoxy groups -OCH3 is 1. The van der Waals surface area contributed by atoms with Crippen molar-refractivity contribution in [2.24, 2.45) is 0 Å². The molecule has 0 aliphatic heterocycles. The number of benzene rings is 1. The van der Waals surface area contributed by atoms with Gasteiger partial charge in [0, 0.05) is 50.4 Å². The number of ether oxygens (including phenoxy) is 1. The Morgan fingerprint density at radius 2 is 1.85 bits per heavy atom. The largest absolute Gasteiger partial charge is 0.385 e. The molecule has 0 saturated heterocycles. The van der Waals surface area contributed by atoms with Gasteiger partial charge in [-0.05, 0) is 57.5 Å². The number of carbonyl (C=O) groups is 1. The SMILES string of the molecule is CCN(CC)c1ccc(Nc2nc(C)cc(C(=O)NCCCOC)n2)cc1. The van der Waals surface area contributed by atoms with Gasteiger partial charge in [0.25, 0.3) is 5.91 Å². The van der Waals surface area contributed by atoms with Crippen LogP contribution in [0.25, 0.3) is 0 Å². The quantitative estimate of drug-likeness (QED) is 0.625. The molecule has 2 N–H and O–H groups in total. The third-order valence-corrected chi connectivity index (χ3v) is 4.15. The number of hydrogen-bond acceptors (Lipinski definition) is 6. The Balaban J connectivity index is 2.06. The second kappa shape index (κ2) is 10.5. The van der Waals surface area contributed by atoms with Crippen molar-refractivity contribution < 1.29 is 9.53 Å². The van der Waals surface area contributed by atoms with Crippen LogP contribution < -0.4 is 15.5 Å². The lowest BCUT2D eigenvalue weighted by Gasteiger charge is -2.21. The third-order valence-electron chi connectivity index (χ3n) is 4.15.